The summed E-state index contributed by atoms with van der Waals surface area (Å²) in [5.74, 6) is -0.708. The number of benzene rings is 1. The van der Waals surface area contributed by atoms with Gasteiger partial charge in [0.2, 0.25) is 5.91 Å². The van der Waals surface area contributed by atoms with Crippen LogP contribution in [0.25, 0.3) is 0 Å². The molecule has 1 aromatic carbocycles. The number of hydrogen-bond donors (Lipinski definition) is 3. The van der Waals surface area contributed by atoms with Crippen LogP contribution in [0.3, 0.4) is 0 Å². The zero-order chi connectivity index (χ0) is 15.0. The van der Waals surface area contributed by atoms with Crippen LogP contribution in [0.5, 0.6) is 5.75 Å². The largest absolute Gasteiger partial charge is 0.493 e. The molecule has 0 heterocycles. The van der Waals surface area contributed by atoms with Crippen molar-refractivity contribution in [1.29, 1.82) is 0 Å². The molecular weight excluding hydrogens is 278 g/mol. The molecule has 0 aliphatic rings. The van der Waals surface area contributed by atoms with E-state index in [4.69, 9.17) is 9.84 Å². The highest BCUT2D eigenvalue weighted by Gasteiger charge is 2.17. The second-order valence-electron chi connectivity index (χ2n) is 4.24. The smallest absolute Gasteiger partial charge is 0.327 e. The van der Waals surface area contributed by atoms with Crippen molar-refractivity contribution in [3.63, 3.8) is 0 Å². The molecule has 0 fully saturated rings. The number of carbonyl (C=O) groups is 2. The van der Waals surface area contributed by atoms with Crippen molar-refractivity contribution in [3.8, 4) is 5.75 Å². The van der Waals surface area contributed by atoms with Gasteiger partial charge in [-0.25, -0.2) is 4.79 Å². The molecular formula is C14H19NO4S. The maximum absolute atomic E-state index is 11.5. The molecule has 1 atom stereocenters. The lowest BCUT2D eigenvalue weighted by Crippen LogP contribution is -2.42. The summed E-state index contributed by atoms with van der Waals surface area (Å²) in [6.45, 7) is 2.27. The third kappa shape index (κ3) is 5.52. The number of carboxylic acid groups (broad SMARTS) is 1. The van der Waals surface area contributed by atoms with Crippen molar-refractivity contribution in [1.82, 2.24) is 5.32 Å². The Bertz CT molecular complexity index is 447. The van der Waals surface area contributed by atoms with Gasteiger partial charge in [-0.3, -0.25) is 4.79 Å². The first-order valence-electron chi connectivity index (χ1n) is 6.41. The van der Waals surface area contributed by atoms with E-state index >= 15 is 0 Å². The fourth-order valence-electron chi connectivity index (χ4n) is 1.53. The van der Waals surface area contributed by atoms with Gasteiger partial charge in [-0.15, -0.1) is 0 Å². The monoisotopic (exact) mass is 297 g/mol. The highest BCUT2D eigenvalue weighted by molar-refractivity contribution is 7.80. The number of carbonyl (C=O) groups excluding carboxylic acids is 1. The van der Waals surface area contributed by atoms with Gasteiger partial charge in [0.1, 0.15) is 11.8 Å². The fourth-order valence-corrected chi connectivity index (χ4v) is 1.78. The van der Waals surface area contributed by atoms with Crippen LogP contribution in [0.4, 0.5) is 0 Å². The fraction of sp³-hybridized carbons (Fsp3) is 0.429. The zero-order valence-corrected chi connectivity index (χ0v) is 12.2. The molecule has 6 heteroatoms. The molecule has 0 spiro atoms. The van der Waals surface area contributed by atoms with E-state index in [1.165, 1.54) is 5.56 Å². The number of amides is 1. The van der Waals surface area contributed by atoms with Crippen molar-refractivity contribution in [2.75, 3.05) is 12.4 Å². The molecule has 0 bridgehead atoms. The molecule has 0 saturated heterocycles. The summed E-state index contributed by atoms with van der Waals surface area (Å²) in [5, 5.41) is 11.2. The van der Waals surface area contributed by atoms with E-state index < -0.39 is 12.0 Å². The Kier molecular flexibility index (Phi) is 6.93. The molecule has 2 N–H and O–H groups in total. The zero-order valence-electron chi connectivity index (χ0n) is 11.3. The summed E-state index contributed by atoms with van der Waals surface area (Å²) in [4.78, 5) is 22.2. The van der Waals surface area contributed by atoms with Gasteiger partial charge in [0.15, 0.2) is 0 Å². The van der Waals surface area contributed by atoms with E-state index in [1.54, 1.807) is 0 Å². The molecule has 1 unspecified atom stereocenters. The molecule has 0 aliphatic heterocycles. The minimum absolute atomic E-state index is 0.0560. The Morgan fingerprint density at radius 3 is 2.50 bits per heavy atom. The minimum Gasteiger partial charge on any atom is -0.493 e. The van der Waals surface area contributed by atoms with Gasteiger partial charge in [-0.1, -0.05) is 19.1 Å². The van der Waals surface area contributed by atoms with E-state index in [9.17, 15) is 9.59 Å². The second kappa shape index (κ2) is 8.47. The number of hydrogen-bond acceptors (Lipinski definition) is 4. The van der Waals surface area contributed by atoms with Crippen LogP contribution in [0.1, 0.15) is 18.9 Å². The molecule has 0 saturated carbocycles. The van der Waals surface area contributed by atoms with Crippen LogP contribution in [0.2, 0.25) is 0 Å². The highest BCUT2D eigenvalue weighted by atomic mass is 32.1. The number of thiol groups is 1. The summed E-state index contributed by atoms with van der Waals surface area (Å²) in [5.41, 5.74) is 1.22. The first kappa shape index (κ1) is 16.4. The normalized spacial score (nSPS) is 11.7. The van der Waals surface area contributed by atoms with Crippen molar-refractivity contribution >= 4 is 24.5 Å². The van der Waals surface area contributed by atoms with Gasteiger partial charge in [-0.05, 0) is 24.1 Å². The van der Waals surface area contributed by atoms with Crippen molar-refractivity contribution in [3.05, 3.63) is 29.8 Å². The van der Waals surface area contributed by atoms with Gasteiger partial charge >= 0.3 is 5.97 Å². The highest BCUT2D eigenvalue weighted by Crippen LogP contribution is 2.12. The van der Waals surface area contributed by atoms with Gasteiger partial charge in [0, 0.05) is 5.75 Å². The molecule has 20 heavy (non-hydrogen) atoms. The Balaban J connectivity index is 2.32. The summed E-state index contributed by atoms with van der Waals surface area (Å²) in [6, 6.07) is 6.68. The molecule has 1 aromatic rings. The Morgan fingerprint density at radius 2 is 2.00 bits per heavy atom. The molecule has 1 amide bonds. The molecule has 0 aliphatic carbocycles. The maximum atomic E-state index is 11.5. The average molecular weight is 297 g/mol. The Labute approximate surface area is 123 Å². The average Bonchev–Trinajstić information content (AvgIpc) is 2.45. The molecule has 110 valence electrons. The van der Waals surface area contributed by atoms with Crippen molar-refractivity contribution in [2.24, 2.45) is 0 Å². The van der Waals surface area contributed by atoms with Gasteiger partial charge in [-0.2, -0.15) is 12.6 Å². The van der Waals surface area contributed by atoms with E-state index in [-0.39, 0.29) is 24.7 Å². The minimum atomic E-state index is -1.09. The standard InChI is InChI=1S/C14H19NO4S/c1-2-10-3-5-11(6-4-10)19-8-7-13(16)15-12(9-20)14(17)18/h3-6,12,20H,2,7-9H2,1H3,(H,15,16)(H,17,18). The van der Waals surface area contributed by atoms with Crippen LogP contribution >= 0.6 is 12.6 Å². The van der Waals surface area contributed by atoms with Crippen LogP contribution in [0, 0.1) is 0 Å². The topological polar surface area (TPSA) is 75.6 Å². The van der Waals surface area contributed by atoms with Gasteiger partial charge in [0.05, 0.1) is 13.0 Å². The third-order valence-corrected chi connectivity index (χ3v) is 3.11. The summed E-state index contributed by atoms with van der Waals surface area (Å²) < 4.78 is 5.42. The molecule has 1 rings (SSSR count). The predicted octanol–water partition coefficient (Wildman–Crippen LogP) is 1.52. The van der Waals surface area contributed by atoms with Gasteiger partial charge in [0.25, 0.3) is 0 Å². The lowest BCUT2D eigenvalue weighted by atomic mass is 10.2. The lowest BCUT2D eigenvalue weighted by molar-refractivity contribution is -0.141. The molecule has 0 aromatic heterocycles. The third-order valence-electron chi connectivity index (χ3n) is 2.75. The summed E-state index contributed by atoms with van der Waals surface area (Å²) in [7, 11) is 0. The predicted molar refractivity (Wildman–Crippen MR) is 79.4 cm³/mol. The SMILES string of the molecule is CCc1ccc(OCCC(=O)NC(CS)C(=O)O)cc1. The first-order chi connectivity index (χ1) is 9.56. The van der Waals surface area contributed by atoms with E-state index in [0.29, 0.717) is 5.75 Å². The number of aliphatic carboxylic acids is 1. The van der Waals surface area contributed by atoms with E-state index in [2.05, 4.69) is 24.9 Å². The van der Waals surface area contributed by atoms with E-state index in [0.717, 1.165) is 6.42 Å². The summed E-state index contributed by atoms with van der Waals surface area (Å²) in [6.07, 6.45) is 1.07. The number of ether oxygens (including phenoxy) is 1. The van der Waals surface area contributed by atoms with Crippen LogP contribution in [-0.4, -0.2) is 35.4 Å². The number of nitrogens with one attached hydrogen (secondary N) is 1. The molecule has 5 nitrogen and oxygen atoms in total. The quantitative estimate of drug-likeness (QED) is 0.636. The van der Waals surface area contributed by atoms with Crippen molar-refractivity contribution < 1.29 is 19.4 Å². The maximum Gasteiger partial charge on any atom is 0.327 e. The summed E-state index contributed by atoms with van der Waals surface area (Å²) >= 11 is 3.87. The van der Waals surface area contributed by atoms with Crippen LogP contribution in [-0.2, 0) is 16.0 Å². The van der Waals surface area contributed by atoms with E-state index in [1.807, 2.05) is 24.3 Å². The molecule has 0 radical (unpaired) electrons. The first-order valence-corrected chi connectivity index (χ1v) is 7.04. The number of carboxylic acids is 1. The van der Waals surface area contributed by atoms with Gasteiger partial charge < -0.3 is 15.2 Å². The number of aryl methyl sites for hydroxylation is 1. The lowest BCUT2D eigenvalue weighted by Gasteiger charge is -2.12. The Hall–Kier alpha value is -1.69. The van der Waals surface area contributed by atoms with Crippen LogP contribution < -0.4 is 10.1 Å². The van der Waals surface area contributed by atoms with Crippen LogP contribution in [0.15, 0.2) is 24.3 Å². The second-order valence-corrected chi connectivity index (χ2v) is 4.60. The Morgan fingerprint density at radius 1 is 1.35 bits per heavy atom. The number of rotatable bonds is 8. The van der Waals surface area contributed by atoms with Crippen molar-refractivity contribution in [2.45, 2.75) is 25.8 Å².